The Bertz CT molecular complexity index is 442. The molecule has 1 aliphatic rings. The lowest BCUT2D eigenvalue weighted by Crippen LogP contribution is -2.44. The van der Waals surface area contributed by atoms with Crippen LogP contribution in [0.3, 0.4) is 0 Å². The van der Waals surface area contributed by atoms with Crippen LogP contribution in [0.4, 0.5) is 0 Å². The van der Waals surface area contributed by atoms with Crippen molar-refractivity contribution in [1.29, 1.82) is 0 Å². The summed E-state index contributed by atoms with van der Waals surface area (Å²) in [4.78, 5) is 15.7. The maximum atomic E-state index is 11.7. The van der Waals surface area contributed by atoms with Gasteiger partial charge in [-0.05, 0) is 50.3 Å². The van der Waals surface area contributed by atoms with E-state index in [4.69, 9.17) is 4.74 Å². The molecule has 0 spiro atoms. The van der Waals surface area contributed by atoms with E-state index in [9.17, 15) is 9.90 Å². The van der Waals surface area contributed by atoms with Gasteiger partial charge in [-0.15, -0.1) is 0 Å². The highest BCUT2D eigenvalue weighted by Gasteiger charge is 2.35. The number of ether oxygens (including phenoxy) is 1. The second kappa shape index (κ2) is 7.52. The Morgan fingerprint density at radius 2 is 2.10 bits per heavy atom. The highest BCUT2D eigenvalue weighted by molar-refractivity contribution is 5.72. The van der Waals surface area contributed by atoms with Crippen LogP contribution in [-0.4, -0.2) is 34.8 Å². The Kier molecular flexibility index (Phi) is 5.70. The Labute approximate surface area is 125 Å². The van der Waals surface area contributed by atoms with Crippen LogP contribution in [-0.2, 0) is 16.1 Å². The molecule has 2 rings (SSSR count). The highest BCUT2D eigenvalue weighted by Crippen LogP contribution is 2.32. The fourth-order valence-corrected chi connectivity index (χ4v) is 2.77. The Morgan fingerprint density at radius 3 is 2.71 bits per heavy atom. The molecule has 0 aromatic carbocycles. The van der Waals surface area contributed by atoms with Gasteiger partial charge in [0.05, 0.1) is 18.1 Å². The first kappa shape index (κ1) is 15.9. The molecule has 5 nitrogen and oxygen atoms in total. The first-order valence-electron chi connectivity index (χ1n) is 7.61. The van der Waals surface area contributed by atoms with E-state index in [1.807, 2.05) is 19.1 Å². The third-order valence-electron chi connectivity index (χ3n) is 4.07. The lowest BCUT2D eigenvalue weighted by molar-refractivity contribution is -0.151. The van der Waals surface area contributed by atoms with Crippen LogP contribution in [0.2, 0.25) is 0 Å². The van der Waals surface area contributed by atoms with Gasteiger partial charge >= 0.3 is 5.97 Å². The van der Waals surface area contributed by atoms with Crippen molar-refractivity contribution >= 4 is 5.97 Å². The highest BCUT2D eigenvalue weighted by atomic mass is 16.5. The van der Waals surface area contributed by atoms with E-state index in [1.54, 1.807) is 12.4 Å². The molecule has 1 aromatic heterocycles. The smallest absolute Gasteiger partial charge is 0.308 e. The molecular formula is C16H24N2O3. The Balaban J connectivity index is 1.73. The summed E-state index contributed by atoms with van der Waals surface area (Å²) in [6.45, 7) is 3.50. The Hall–Kier alpha value is -1.46. The van der Waals surface area contributed by atoms with E-state index in [2.05, 4.69) is 10.3 Å². The zero-order chi connectivity index (χ0) is 15.1. The maximum absolute atomic E-state index is 11.7. The SMILES string of the molecule is CCOC(=O)C1CCC(O)(CNCc2ccncc2)CC1. The number of hydrogen-bond donors (Lipinski definition) is 2. The second-order valence-electron chi connectivity index (χ2n) is 5.71. The molecule has 0 unspecified atom stereocenters. The number of aliphatic hydroxyl groups is 1. The predicted octanol–water partition coefficient (Wildman–Crippen LogP) is 1.66. The molecule has 0 atom stereocenters. The molecule has 1 saturated carbocycles. The zero-order valence-electron chi connectivity index (χ0n) is 12.5. The van der Waals surface area contributed by atoms with Gasteiger partial charge in [0.2, 0.25) is 0 Å². The summed E-state index contributed by atoms with van der Waals surface area (Å²) in [7, 11) is 0. The summed E-state index contributed by atoms with van der Waals surface area (Å²) in [6, 6.07) is 3.91. The number of carbonyl (C=O) groups excluding carboxylic acids is 1. The fraction of sp³-hybridized carbons (Fsp3) is 0.625. The first-order chi connectivity index (χ1) is 10.1. The summed E-state index contributed by atoms with van der Waals surface area (Å²) in [6.07, 6.45) is 6.20. The van der Waals surface area contributed by atoms with Gasteiger partial charge in [-0.3, -0.25) is 9.78 Å². The van der Waals surface area contributed by atoms with Crippen molar-refractivity contribution in [3.63, 3.8) is 0 Å². The maximum Gasteiger partial charge on any atom is 0.308 e. The van der Waals surface area contributed by atoms with E-state index in [-0.39, 0.29) is 11.9 Å². The second-order valence-corrected chi connectivity index (χ2v) is 5.71. The predicted molar refractivity (Wildman–Crippen MR) is 79.5 cm³/mol. The quantitative estimate of drug-likeness (QED) is 0.780. The molecule has 1 aromatic rings. The molecule has 5 heteroatoms. The number of carbonyl (C=O) groups is 1. The molecule has 1 fully saturated rings. The Morgan fingerprint density at radius 1 is 1.43 bits per heavy atom. The van der Waals surface area contributed by atoms with E-state index in [0.717, 1.165) is 5.56 Å². The van der Waals surface area contributed by atoms with Crippen LogP contribution in [0.15, 0.2) is 24.5 Å². The van der Waals surface area contributed by atoms with E-state index in [1.165, 1.54) is 0 Å². The minimum Gasteiger partial charge on any atom is -0.466 e. The largest absolute Gasteiger partial charge is 0.466 e. The van der Waals surface area contributed by atoms with Gasteiger partial charge in [-0.25, -0.2) is 0 Å². The normalized spacial score (nSPS) is 25.5. The van der Waals surface area contributed by atoms with Crippen molar-refractivity contribution in [1.82, 2.24) is 10.3 Å². The number of nitrogens with zero attached hydrogens (tertiary/aromatic N) is 1. The number of hydrogen-bond acceptors (Lipinski definition) is 5. The topological polar surface area (TPSA) is 71.5 Å². The van der Waals surface area contributed by atoms with Crippen LogP contribution in [0.25, 0.3) is 0 Å². The number of esters is 1. The first-order valence-corrected chi connectivity index (χ1v) is 7.61. The standard InChI is InChI=1S/C16H24N2O3/c1-2-21-15(19)14-3-7-16(20,8-4-14)12-18-11-13-5-9-17-10-6-13/h5-6,9-10,14,18,20H,2-4,7-8,11-12H2,1H3. The van der Waals surface area contributed by atoms with Crippen molar-refractivity contribution in [3.8, 4) is 0 Å². The van der Waals surface area contributed by atoms with Gasteiger partial charge in [0.1, 0.15) is 0 Å². The van der Waals surface area contributed by atoms with Gasteiger partial charge in [0, 0.05) is 25.5 Å². The van der Waals surface area contributed by atoms with Crippen molar-refractivity contribution < 1.29 is 14.6 Å². The van der Waals surface area contributed by atoms with E-state index in [0.29, 0.717) is 45.4 Å². The van der Waals surface area contributed by atoms with Crippen LogP contribution >= 0.6 is 0 Å². The monoisotopic (exact) mass is 292 g/mol. The van der Waals surface area contributed by atoms with E-state index >= 15 is 0 Å². The summed E-state index contributed by atoms with van der Waals surface area (Å²) in [5, 5.41) is 13.8. The number of nitrogens with one attached hydrogen (secondary N) is 1. The number of pyridine rings is 1. The van der Waals surface area contributed by atoms with Gasteiger partial charge < -0.3 is 15.2 Å². The molecule has 0 saturated heterocycles. The molecular weight excluding hydrogens is 268 g/mol. The van der Waals surface area contributed by atoms with Gasteiger partial charge in [-0.2, -0.15) is 0 Å². The van der Waals surface area contributed by atoms with Gasteiger partial charge in [-0.1, -0.05) is 0 Å². The molecule has 116 valence electrons. The third-order valence-corrected chi connectivity index (χ3v) is 4.07. The molecule has 0 aliphatic heterocycles. The minimum atomic E-state index is -0.712. The lowest BCUT2D eigenvalue weighted by Gasteiger charge is -2.35. The van der Waals surface area contributed by atoms with Crippen LogP contribution in [0.5, 0.6) is 0 Å². The van der Waals surface area contributed by atoms with Gasteiger partial charge in [0.25, 0.3) is 0 Å². The summed E-state index contributed by atoms with van der Waals surface area (Å²) >= 11 is 0. The van der Waals surface area contributed by atoms with Crippen molar-refractivity contribution in [2.75, 3.05) is 13.2 Å². The zero-order valence-corrected chi connectivity index (χ0v) is 12.5. The molecule has 21 heavy (non-hydrogen) atoms. The van der Waals surface area contributed by atoms with Crippen LogP contribution < -0.4 is 5.32 Å². The lowest BCUT2D eigenvalue weighted by atomic mass is 9.78. The summed E-state index contributed by atoms with van der Waals surface area (Å²) in [5.41, 5.74) is 0.435. The molecule has 0 amide bonds. The number of rotatable bonds is 6. The third kappa shape index (κ3) is 4.79. The molecule has 2 N–H and O–H groups in total. The average Bonchev–Trinajstić information content (AvgIpc) is 2.49. The van der Waals surface area contributed by atoms with Crippen molar-refractivity contribution in [2.45, 2.75) is 44.8 Å². The minimum absolute atomic E-state index is 0.0505. The van der Waals surface area contributed by atoms with Crippen molar-refractivity contribution in [3.05, 3.63) is 30.1 Å². The molecule has 1 aliphatic carbocycles. The molecule has 1 heterocycles. The average molecular weight is 292 g/mol. The summed E-state index contributed by atoms with van der Waals surface area (Å²) in [5.74, 6) is -0.172. The fourth-order valence-electron chi connectivity index (χ4n) is 2.77. The van der Waals surface area contributed by atoms with Crippen LogP contribution in [0, 0.1) is 5.92 Å². The van der Waals surface area contributed by atoms with Gasteiger partial charge in [0.15, 0.2) is 0 Å². The molecule has 0 bridgehead atoms. The van der Waals surface area contributed by atoms with Crippen LogP contribution in [0.1, 0.15) is 38.2 Å². The summed E-state index contributed by atoms with van der Waals surface area (Å²) < 4.78 is 5.05. The van der Waals surface area contributed by atoms with Crippen molar-refractivity contribution in [2.24, 2.45) is 5.92 Å². The van der Waals surface area contributed by atoms with E-state index < -0.39 is 5.60 Å². The number of aromatic nitrogens is 1. The molecule has 0 radical (unpaired) electrons.